The van der Waals surface area contributed by atoms with Crippen LogP contribution in [0.4, 0.5) is 0 Å². The zero-order valence-electron chi connectivity index (χ0n) is 13.1. The number of carboxylic acid groups (broad SMARTS) is 1. The lowest BCUT2D eigenvalue weighted by Gasteiger charge is -2.12. The summed E-state index contributed by atoms with van der Waals surface area (Å²) in [6.07, 6.45) is -0.600. The lowest BCUT2D eigenvalue weighted by molar-refractivity contribution is -0.146. The van der Waals surface area contributed by atoms with Crippen molar-refractivity contribution in [2.45, 2.75) is 40.2 Å². The number of carboxylic acids is 1. The van der Waals surface area contributed by atoms with E-state index in [0.29, 0.717) is 0 Å². The smallest absolute Gasteiger partial charge is 0.481 e. The molecule has 0 amide bonds. The standard InChI is InChI=1S/C11H15O9P.C2H6/c1-6-8(20-11(15)19-6)4-18-9(12)3-2-7(10(13)14)5-21(16)17;1-2/h7,16-17H,2-5H2,1H3,(H,13,14);1-2H3. The van der Waals surface area contributed by atoms with E-state index in [1.807, 2.05) is 13.8 Å². The third kappa shape index (κ3) is 8.49. The van der Waals surface area contributed by atoms with Gasteiger partial charge in [-0.1, -0.05) is 13.8 Å². The maximum Gasteiger partial charge on any atom is 0.519 e. The van der Waals surface area contributed by atoms with Crippen LogP contribution in [-0.4, -0.2) is 33.0 Å². The summed E-state index contributed by atoms with van der Waals surface area (Å²) in [6, 6.07) is 0. The zero-order valence-corrected chi connectivity index (χ0v) is 14.0. The lowest BCUT2D eigenvalue weighted by Crippen LogP contribution is -2.19. The SMILES string of the molecule is CC.Cc1oc(=O)oc1COC(=O)CCC(CP(O)O)C(=O)O. The van der Waals surface area contributed by atoms with E-state index in [4.69, 9.17) is 19.6 Å². The number of carbonyl (C=O) groups excluding carboxylic acids is 1. The summed E-state index contributed by atoms with van der Waals surface area (Å²) < 4.78 is 14.0. The van der Waals surface area contributed by atoms with Crippen molar-refractivity contribution in [3.8, 4) is 0 Å². The van der Waals surface area contributed by atoms with Crippen molar-refractivity contribution in [2.24, 2.45) is 5.92 Å². The first kappa shape index (κ1) is 21.3. The largest absolute Gasteiger partial charge is 0.519 e. The first-order chi connectivity index (χ1) is 10.8. The molecule has 1 atom stereocenters. The molecular formula is C13H21O9P. The molecule has 0 aliphatic carbocycles. The van der Waals surface area contributed by atoms with Crippen LogP contribution in [0.3, 0.4) is 0 Å². The number of hydrogen-bond donors (Lipinski definition) is 3. The molecule has 0 bridgehead atoms. The average Bonchev–Trinajstić information content (AvgIpc) is 2.80. The van der Waals surface area contributed by atoms with Crippen LogP contribution in [0.15, 0.2) is 13.6 Å². The minimum atomic E-state index is -2.34. The molecule has 3 N–H and O–H groups in total. The first-order valence-corrected chi connectivity index (χ1v) is 8.36. The van der Waals surface area contributed by atoms with Crippen LogP contribution >= 0.6 is 8.38 Å². The van der Waals surface area contributed by atoms with E-state index >= 15 is 0 Å². The van der Waals surface area contributed by atoms with Gasteiger partial charge in [0.1, 0.15) is 0 Å². The summed E-state index contributed by atoms with van der Waals surface area (Å²) in [5.41, 5.74) is 0. The zero-order chi connectivity index (χ0) is 18.0. The number of ether oxygens (including phenoxy) is 1. The fourth-order valence-electron chi connectivity index (χ4n) is 1.51. The van der Waals surface area contributed by atoms with Gasteiger partial charge in [-0.3, -0.25) is 9.59 Å². The van der Waals surface area contributed by atoms with Gasteiger partial charge in [-0.15, -0.1) is 0 Å². The maximum atomic E-state index is 11.5. The second-order valence-corrected chi connectivity index (χ2v) is 5.33. The number of hydrogen-bond acceptors (Lipinski definition) is 8. The Labute approximate surface area is 133 Å². The van der Waals surface area contributed by atoms with Gasteiger partial charge in [-0.2, -0.15) is 0 Å². The summed E-state index contributed by atoms with van der Waals surface area (Å²) in [5.74, 6) is -3.56. The molecule has 1 rings (SSSR count). The van der Waals surface area contributed by atoms with E-state index in [0.717, 1.165) is 0 Å². The van der Waals surface area contributed by atoms with Gasteiger partial charge in [-0.05, 0) is 13.3 Å². The van der Waals surface area contributed by atoms with Crippen LogP contribution in [0, 0.1) is 12.8 Å². The quantitative estimate of drug-likeness (QED) is 0.466. The van der Waals surface area contributed by atoms with Crippen LogP contribution in [0.25, 0.3) is 0 Å². The summed E-state index contributed by atoms with van der Waals surface area (Å²) in [6.45, 7) is 5.18. The van der Waals surface area contributed by atoms with Crippen molar-refractivity contribution in [1.82, 2.24) is 0 Å². The molecule has 23 heavy (non-hydrogen) atoms. The molecular weight excluding hydrogens is 331 g/mol. The Morgan fingerprint density at radius 3 is 2.30 bits per heavy atom. The number of rotatable bonds is 8. The molecule has 0 spiro atoms. The summed E-state index contributed by atoms with van der Waals surface area (Å²) in [5, 5.41) is 8.86. The van der Waals surface area contributed by atoms with E-state index < -0.39 is 32.1 Å². The van der Waals surface area contributed by atoms with Gasteiger partial charge in [0.2, 0.25) is 0 Å². The Morgan fingerprint density at radius 1 is 1.26 bits per heavy atom. The molecule has 132 valence electrons. The first-order valence-electron chi connectivity index (χ1n) is 6.92. The van der Waals surface area contributed by atoms with Crippen molar-refractivity contribution >= 4 is 20.3 Å². The molecule has 0 aliphatic heterocycles. The van der Waals surface area contributed by atoms with Crippen molar-refractivity contribution in [3.05, 3.63) is 22.1 Å². The normalized spacial score (nSPS) is 11.6. The van der Waals surface area contributed by atoms with Crippen LogP contribution < -0.4 is 5.82 Å². The van der Waals surface area contributed by atoms with E-state index in [1.165, 1.54) is 6.92 Å². The van der Waals surface area contributed by atoms with Crippen molar-refractivity contribution in [1.29, 1.82) is 0 Å². The predicted octanol–water partition coefficient (Wildman–Crippen LogP) is 1.39. The monoisotopic (exact) mass is 352 g/mol. The molecule has 0 aliphatic rings. The molecule has 0 fully saturated rings. The molecule has 1 unspecified atom stereocenters. The highest BCUT2D eigenvalue weighted by molar-refractivity contribution is 7.45. The molecule has 1 aromatic heterocycles. The van der Waals surface area contributed by atoms with Crippen molar-refractivity contribution in [3.63, 3.8) is 0 Å². The molecule has 1 aromatic rings. The van der Waals surface area contributed by atoms with Gasteiger partial charge >= 0.3 is 17.8 Å². The van der Waals surface area contributed by atoms with E-state index in [1.54, 1.807) is 0 Å². The van der Waals surface area contributed by atoms with Gasteiger partial charge in [0, 0.05) is 12.6 Å². The second kappa shape index (κ2) is 10.9. The lowest BCUT2D eigenvalue weighted by atomic mass is 10.1. The fraction of sp³-hybridized carbons (Fsp3) is 0.615. The van der Waals surface area contributed by atoms with Gasteiger partial charge < -0.3 is 28.5 Å². The maximum absolute atomic E-state index is 11.5. The Hall–Kier alpha value is -1.70. The summed E-state index contributed by atoms with van der Waals surface area (Å²) in [7, 11) is -2.34. The van der Waals surface area contributed by atoms with Crippen LogP contribution in [0.5, 0.6) is 0 Å². The molecule has 1 heterocycles. The molecule has 0 aromatic carbocycles. The Balaban J connectivity index is 0.00000232. The Morgan fingerprint density at radius 2 is 1.87 bits per heavy atom. The minimum absolute atomic E-state index is 0.0809. The predicted molar refractivity (Wildman–Crippen MR) is 79.7 cm³/mol. The van der Waals surface area contributed by atoms with Crippen molar-refractivity contribution < 1.29 is 38.1 Å². The number of aliphatic carboxylic acids is 1. The summed E-state index contributed by atoms with van der Waals surface area (Å²) in [4.78, 5) is 50.7. The highest BCUT2D eigenvalue weighted by atomic mass is 31.2. The number of carbonyl (C=O) groups is 2. The third-order valence-corrected chi connectivity index (χ3v) is 3.40. The van der Waals surface area contributed by atoms with Gasteiger partial charge in [0.15, 0.2) is 26.5 Å². The third-order valence-electron chi connectivity index (χ3n) is 2.63. The number of aryl methyl sites for hydroxylation is 1. The highest BCUT2D eigenvalue weighted by Gasteiger charge is 2.22. The van der Waals surface area contributed by atoms with Gasteiger partial charge in [0.05, 0.1) is 5.92 Å². The van der Waals surface area contributed by atoms with E-state index in [9.17, 15) is 14.4 Å². The highest BCUT2D eigenvalue weighted by Crippen LogP contribution is 2.28. The molecule has 0 saturated heterocycles. The van der Waals surface area contributed by atoms with Crippen LogP contribution in [0.1, 0.15) is 38.2 Å². The van der Waals surface area contributed by atoms with E-state index in [-0.39, 0.29) is 37.1 Å². The topological polar surface area (TPSA) is 147 Å². The van der Waals surface area contributed by atoms with E-state index in [2.05, 4.69) is 8.83 Å². The molecule has 10 heteroatoms. The Bertz CT molecular complexity index is 546. The van der Waals surface area contributed by atoms with Crippen LogP contribution in [-0.2, 0) is 20.9 Å². The number of esters is 1. The van der Waals surface area contributed by atoms with Gasteiger partial charge in [0.25, 0.3) is 0 Å². The Kier molecular flexibility index (Phi) is 10.1. The van der Waals surface area contributed by atoms with Crippen molar-refractivity contribution in [2.75, 3.05) is 6.16 Å². The minimum Gasteiger partial charge on any atom is -0.481 e. The van der Waals surface area contributed by atoms with Gasteiger partial charge in [-0.25, -0.2) is 4.79 Å². The molecule has 9 nitrogen and oxygen atoms in total. The molecule has 0 radical (unpaired) electrons. The fourth-order valence-corrected chi connectivity index (χ4v) is 2.24. The van der Waals surface area contributed by atoms with Crippen LogP contribution in [0.2, 0.25) is 0 Å². The second-order valence-electron chi connectivity index (χ2n) is 4.22. The average molecular weight is 352 g/mol. The molecule has 0 saturated carbocycles. The summed E-state index contributed by atoms with van der Waals surface area (Å²) >= 11 is 0.